The number of halogens is 3. The van der Waals surface area contributed by atoms with Gasteiger partial charge in [0.15, 0.2) is 0 Å². The number of thiophene rings is 2. The molecule has 4 aromatic carbocycles. The van der Waals surface area contributed by atoms with Gasteiger partial charge in [-0.1, -0.05) is 108 Å². The zero-order valence-corrected chi connectivity index (χ0v) is 22.6. The van der Waals surface area contributed by atoms with Crippen molar-refractivity contribution in [3.8, 4) is 22.3 Å². The van der Waals surface area contributed by atoms with E-state index in [9.17, 15) is 0 Å². The largest absolute Gasteiger partial charge is 0.142 e. The Morgan fingerprint density at radius 1 is 0.576 bits per heavy atom. The highest BCUT2D eigenvalue weighted by Crippen LogP contribution is 2.42. The third kappa shape index (κ3) is 4.71. The summed E-state index contributed by atoms with van der Waals surface area (Å²) in [7, 11) is 0. The molecule has 2 heterocycles. The van der Waals surface area contributed by atoms with Gasteiger partial charge in [0, 0.05) is 21.9 Å². The summed E-state index contributed by atoms with van der Waals surface area (Å²) >= 11 is 18.3. The van der Waals surface area contributed by atoms with Crippen LogP contribution in [0.1, 0.15) is 0 Å². The summed E-state index contributed by atoms with van der Waals surface area (Å²) in [6.07, 6.45) is 0. The number of fused-ring (bicyclic) bond motifs is 2. The highest BCUT2D eigenvalue weighted by atomic mass is 127. The van der Waals surface area contributed by atoms with Gasteiger partial charge in [-0.3, -0.25) is 0 Å². The van der Waals surface area contributed by atoms with Crippen LogP contribution in [0.2, 0.25) is 10.0 Å². The lowest BCUT2D eigenvalue weighted by Crippen LogP contribution is -1.76. The lowest BCUT2D eigenvalue weighted by atomic mass is 10.1. The number of hydrogen-bond donors (Lipinski definition) is 0. The predicted octanol–water partition coefficient (Wildman–Crippen LogP) is 11.0. The predicted molar refractivity (Wildman–Crippen MR) is 157 cm³/mol. The van der Waals surface area contributed by atoms with Crippen molar-refractivity contribution in [2.45, 2.75) is 0 Å². The highest BCUT2D eigenvalue weighted by molar-refractivity contribution is 14.1. The second-order valence-corrected chi connectivity index (χ2v) is 11.9. The third-order valence-corrected chi connectivity index (χ3v) is 9.43. The third-order valence-electron chi connectivity index (χ3n) is 5.32. The SMILES string of the molecule is Clc1cccc2c(-c3ccccc3)c(I)sc12.Clc1cccc2c(-c3ccccc3)csc12. The molecule has 0 nitrogen and oxygen atoms in total. The monoisotopic (exact) mass is 614 g/mol. The van der Waals surface area contributed by atoms with Gasteiger partial charge in [0.1, 0.15) is 0 Å². The molecule has 0 amide bonds. The molecule has 0 saturated carbocycles. The van der Waals surface area contributed by atoms with Crippen LogP contribution in [0.15, 0.2) is 102 Å². The molecule has 6 aromatic rings. The lowest BCUT2D eigenvalue weighted by molar-refractivity contribution is 1.68. The van der Waals surface area contributed by atoms with E-state index in [0.717, 1.165) is 10.0 Å². The van der Waals surface area contributed by atoms with E-state index in [1.807, 2.05) is 36.4 Å². The van der Waals surface area contributed by atoms with Gasteiger partial charge in [-0.2, -0.15) is 0 Å². The molecule has 0 N–H and O–H groups in total. The molecule has 0 aliphatic heterocycles. The molecule has 5 heteroatoms. The first-order valence-corrected chi connectivity index (χ1v) is 13.8. The smallest absolute Gasteiger partial charge is 0.0744 e. The zero-order chi connectivity index (χ0) is 22.8. The Hall–Kier alpha value is -1.89. The second kappa shape index (κ2) is 10.2. The summed E-state index contributed by atoms with van der Waals surface area (Å²) in [5, 5.41) is 6.34. The van der Waals surface area contributed by atoms with Gasteiger partial charge >= 0.3 is 0 Å². The van der Waals surface area contributed by atoms with Crippen LogP contribution < -0.4 is 0 Å². The topological polar surface area (TPSA) is 0 Å². The minimum absolute atomic E-state index is 0.838. The quantitative estimate of drug-likeness (QED) is 0.170. The Bertz CT molecular complexity index is 1540. The summed E-state index contributed by atoms with van der Waals surface area (Å²) in [6, 6.07) is 33.0. The molecular weight excluding hydrogens is 598 g/mol. The van der Waals surface area contributed by atoms with Crippen molar-refractivity contribution in [3.63, 3.8) is 0 Å². The Balaban J connectivity index is 0.000000139. The van der Waals surface area contributed by atoms with E-state index in [1.165, 1.54) is 45.3 Å². The number of benzene rings is 4. The van der Waals surface area contributed by atoms with Crippen LogP contribution in [0.25, 0.3) is 42.4 Å². The molecule has 162 valence electrons. The van der Waals surface area contributed by atoms with Gasteiger partial charge in [0.05, 0.1) is 22.3 Å². The maximum atomic E-state index is 6.24. The average molecular weight is 615 g/mol. The van der Waals surface area contributed by atoms with Crippen molar-refractivity contribution < 1.29 is 0 Å². The lowest BCUT2D eigenvalue weighted by Gasteiger charge is -2.00. The maximum absolute atomic E-state index is 6.24. The standard InChI is InChI=1S/C14H8ClIS.C14H9ClS/c15-11-8-4-7-10-12(14(16)17-13(10)11)9-5-2-1-3-6-9;15-13-8-4-7-11-12(9-16-14(11)13)10-5-2-1-3-6-10/h1-8H;1-9H. The van der Waals surface area contributed by atoms with Gasteiger partial charge in [0.25, 0.3) is 0 Å². The molecule has 0 atom stereocenters. The van der Waals surface area contributed by atoms with Crippen LogP contribution in [0, 0.1) is 2.88 Å². The fraction of sp³-hybridized carbons (Fsp3) is 0. The van der Waals surface area contributed by atoms with Gasteiger partial charge in [-0.05, 0) is 51.2 Å². The van der Waals surface area contributed by atoms with Crippen molar-refractivity contribution in [2.75, 3.05) is 0 Å². The number of rotatable bonds is 2. The molecule has 2 aromatic heterocycles. The minimum Gasteiger partial charge on any atom is -0.142 e. The van der Waals surface area contributed by atoms with Crippen molar-refractivity contribution in [1.82, 2.24) is 0 Å². The summed E-state index contributed by atoms with van der Waals surface area (Å²) in [5.41, 5.74) is 5.07. The molecule has 33 heavy (non-hydrogen) atoms. The highest BCUT2D eigenvalue weighted by Gasteiger charge is 2.13. The van der Waals surface area contributed by atoms with Crippen LogP contribution >= 0.6 is 68.5 Å². The fourth-order valence-corrected chi connectivity index (χ4v) is 7.59. The average Bonchev–Trinajstić information content (AvgIpc) is 3.43. The van der Waals surface area contributed by atoms with E-state index < -0.39 is 0 Å². The Labute approximate surface area is 224 Å². The molecule has 0 fully saturated rings. The molecule has 0 saturated heterocycles. The fourth-order valence-electron chi connectivity index (χ4n) is 3.79. The van der Waals surface area contributed by atoms with Crippen LogP contribution in [0.5, 0.6) is 0 Å². The van der Waals surface area contributed by atoms with Crippen LogP contribution in [-0.4, -0.2) is 0 Å². The van der Waals surface area contributed by atoms with Gasteiger partial charge in [-0.25, -0.2) is 0 Å². The number of hydrogen-bond acceptors (Lipinski definition) is 2. The van der Waals surface area contributed by atoms with E-state index in [1.54, 1.807) is 22.7 Å². The van der Waals surface area contributed by atoms with Gasteiger partial charge < -0.3 is 0 Å². The molecule has 0 radical (unpaired) electrons. The van der Waals surface area contributed by atoms with E-state index in [2.05, 4.69) is 88.6 Å². The Morgan fingerprint density at radius 3 is 1.82 bits per heavy atom. The Kier molecular flexibility index (Phi) is 7.05. The second-order valence-electron chi connectivity index (χ2n) is 7.37. The van der Waals surface area contributed by atoms with Crippen molar-refractivity contribution in [3.05, 3.63) is 115 Å². The Morgan fingerprint density at radius 2 is 1.15 bits per heavy atom. The first-order chi connectivity index (χ1) is 16.1. The molecular formula is C28H17Cl2IS2. The first-order valence-electron chi connectivity index (χ1n) is 10.3. The van der Waals surface area contributed by atoms with Crippen molar-refractivity contribution in [1.29, 1.82) is 0 Å². The molecule has 0 aliphatic rings. The van der Waals surface area contributed by atoms with Crippen molar-refractivity contribution in [2.24, 2.45) is 0 Å². The van der Waals surface area contributed by atoms with E-state index in [-0.39, 0.29) is 0 Å². The summed E-state index contributed by atoms with van der Waals surface area (Å²) < 4.78 is 3.64. The normalized spacial score (nSPS) is 10.9. The molecule has 0 spiro atoms. The van der Waals surface area contributed by atoms with Gasteiger partial charge in [0.2, 0.25) is 0 Å². The van der Waals surface area contributed by atoms with E-state index in [4.69, 9.17) is 23.2 Å². The summed E-state index contributed by atoms with van der Waals surface area (Å²) in [6.45, 7) is 0. The first kappa shape index (κ1) is 22.9. The minimum atomic E-state index is 0.838. The van der Waals surface area contributed by atoms with Crippen LogP contribution in [-0.2, 0) is 0 Å². The summed E-state index contributed by atoms with van der Waals surface area (Å²) in [4.78, 5) is 0. The van der Waals surface area contributed by atoms with Crippen LogP contribution in [0.3, 0.4) is 0 Å². The summed E-state index contributed by atoms with van der Waals surface area (Å²) in [5.74, 6) is 0. The van der Waals surface area contributed by atoms with E-state index >= 15 is 0 Å². The van der Waals surface area contributed by atoms with Crippen LogP contribution in [0.4, 0.5) is 0 Å². The molecule has 0 aliphatic carbocycles. The van der Waals surface area contributed by atoms with E-state index in [0.29, 0.717) is 0 Å². The van der Waals surface area contributed by atoms with Gasteiger partial charge in [-0.15, -0.1) is 22.7 Å². The zero-order valence-electron chi connectivity index (χ0n) is 17.3. The molecule has 0 bridgehead atoms. The molecule has 6 rings (SSSR count). The molecule has 0 unspecified atom stereocenters. The maximum Gasteiger partial charge on any atom is 0.0744 e. The van der Waals surface area contributed by atoms with Crippen molar-refractivity contribution >= 4 is 88.6 Å².